The second-order valence-corrected chi connectivity index (χ2v) is 21.4. The topological polar surface area (TPSA) is 99.5 Å². The van der Waals surface area contributed by atoms with E-state index in [0.717, 1.165) is 58.0 Å². The Morgan fingerprint density at radius 1 is 0.426 bits per heavy atom. The Hall–Kier alpha value is -1.22. The highest BCUT2D eigenvalue weighted by molar-refractivity contribution is 5.75. The third-order valence-electron chi connectivity index (χ3n) is 14.8. The highest BCUT2D eigenvalue weighted by Crippen LogP contribution is 2.24. The normalized spacial score (nSPS) is 13.5. The zero-order chi connectivity index (χ0) is 50.0. The Morgan fingerprint density at radius 2 is 0.809 bits per heavy atom. The number of nitrogens with zero attached hydrogens (tertiary/aromatic N) is 2. The third kappa shape index (κ3) is 43.6. The molecule has 0 bridgehead atoms. The molecule has 0 saturated heterocycles. The van der Waals surface area contributed by atoms with E-state index in [0.29, 0.717) is 50.5 Å². The van der Waals surface area contributed by atoms with Crippen LogP contribution in [0.15, 0.2) is 0 Å². The van der Waals surface area contributed by atoms with Crippen molar-refractivity contribution in [3.8, 4) is 0 Å². The monoisotopic (exact) mass is 965 g/mol. The van der Waals surface area contributed by atoms with E-state index >= 15 is 0 Å². The summed E-state index contributed by atoms with van der Waals surface area (Å²) in [6, 6.07) is 0.588. The molecule has 0 heterocycles. The molecule has 1 amide bonds. The molecule has 8 heteroatoms. The molecule has 0 aliphatic carbocycles. The van der Waals surface area contributed by atoms with Crippen molar-refractivity contribution in [3.63, 3.8) is 0 Å². The van der Waals surface area contributed by atoms with E-state index in [1.165, 1.54) is 212 Å². The van der Waals surface area contributed by atoms with E-state index in [-0.39, 0.29) is 18.5 Å². The zero-order valence-electron chi connectivity index (χ0n) is 46.7. The van der Waals surface area contributed by atoms with Crippen molar-refractivity contribution in [1.82, 2.24) is 9.80 Å². The van der Waals surface area contributed by atoms with Crippen LogP contribution in [0.3, 0.4) is 0 Å². The Labute approximate surface area is 424 Å². The second-order valence-electron chi connectivity index (χ2n) is 21.4. The van der Waals surface area contributed by atoms with Crippen LogP contribution in [0.25, 0.3) is 0 Å². The molecule has 0 saturated carbocycles. The zero-order valence-corrected chi connectivity index (χ0v) is 46.7. The van der Waals surface area contributed by atoms with Gasteiger partial charge < -0.3 is 29.5 Å². The lowest BCUT2D eigenvalue weighted by Gasteiger charge is -2.32. The van der Waals surface area contributed by atoms with Crippen molar-refractivity contribution in [2.75, 3.05) is 46.5 Å². The van der Waals surface area contributed by atoms with Gasteiger partial charge in [0.1, 0.15) is 0 Å². The third-order valence-corrected chi connectivity index (χ3v) is 14.8. The number of amides is 1. The first kappa shape index (κ1) is 66.8. The van der Waals surface area contributed by atoms with Gasteiger partial charge in [-0.05, 0) is 102 Å². The summed E-state index contributed by atoms with van der Waals surface area (Å²) in [5.74, 6) is 1.26. The summed E-state index contributed by atoms with van der Waals surface area (Å²) in [6.45, 7) is 15.3. The van der Waals surface area contributed by atoms with Crippen LogP contribution in [0.5, 0.6) is 0 Å². The molecule has 4 unspecified atom stereocenters. The number of likely N-dealkylation sites (N-methyl/N-ethyl adjacent to an activating group) is 1. The van der Waals surface area contributed by atoms with Crippen LogP contribution in [0.4, 0.5) is 0 Å². The summed E-state index contributed by atoms with van der Waals surface area (Å²) >= 11 is 0. The maximum absolute atomic E-state index is 12.7. The first-order valence-corrected chi connectivity index (χ1v) is 30.3. The molecule has 2 N–H and O–H groups in total. The number of aliphatic hydroxyl groups is 2. The fraction of sp³-hybridized carbons (Fsp3) is 0.967. The number of carbonyl (C=O) groups excluding carboxylic acids is 2. The van der Waals surface area contributed by atoms with Crippen LogP contribution in [-0.2, 0) is 19.1 Å². The van der Waals surface area contributed by atoms with Gasteiger partial charge in [-0.1, -0.05) is 214 Å². The largest absolute Gasteiger partial charge is 0.465 e. The Morgan fingerprint density at radius 3 is 1.32 bits per heavy atom. The molecular weight excluding hydrogens is 845 g/mol. The molecule has 0 aliphatic heterocycles. The van der Waals surface area contributed by atoms with Gasteiger partial charge in [-0.15, -0.1) is 0 Å². The lowest BCUT2D eigenvalue weighted by Crippen LogP contribution is -2.37. The summed E-state index contributed by atoms with van der Waals surface area (Å²) in [4.78, 5) is 29.8. The van der Waals surface area contributed by atoms with E-state index in [1.54, 1.807) is 11.9 Å². The van der Waals surface area contributed by atoms with E-state index in [2.05, 4.69) is 39.5 Å². The average molecular weight is 966 g/mol. The summed E-state index contributed by atoms with van der Waals surface area (Å²) < 4.78 is 11.8. The van der Waals surface area contributed by atoms with E-state index in [4.69, 9.17) is 9.47 Å². The standard InChI is InChI=1S/C60H120N2O6/c1-7-12-17-20-25-30-38-49-62(50-39-37-46-58(64)61(6)51-52-63)57(44-33-26-21-23-28-35-47-59(65)67-53-55(40-15-10-4)42-31-18-13-8-2)45-34-27-22-24-29-36-48-60(66)68-54-56(41-16-11-5)43-32-19-14-9-3/h55-57,59,63,65H,7-54H2,1-6H3. The Kier molecular flexibility index (Phi) is 51.2. The minimum absolute atomic E-state index is 0.00348. The quantitative estimate of drug-likeness (QED) is 0.0356. The average Bonchev–Trinajstić information content (AvgIpc) is 3.34. The molecule has 4 atom stereocenters. The van der Waals surface area contributed by atoms with E-state index < -0.39 is 6.29 Å². The second kappa shape index (κ2) is 52.1. The van der Waals surface area contributed by atoms with Gasteiger partial charge in [0.05, 0.1) is 19.8 Å². The van der Waals surface area contributed by atoms with Crippen molar-refractivity contribution in [2.45, 2.75) is 317 Å². The molecule has 0 rings (SSSR count). The first-order chi connectivity index (χ1) is 33.3. The van der Waals surface area contributed by atoms with Crippen LogP contribution in [0.2, 0.25) is 0 Å². The highest BCUT2D eigenvalue weighted by Gasteiger charge is 2.19. The molecule has 406 valence electrons. The molecule has 0 aliphatic rings. The highest BCUT2D eigenvalue weighted by atomic mass is 16.6. The van der Waals surface area contributed by atoms with Crippen molar-refractivity contribution in [1.29, 1.82) is 0 Å². The number of esters is 1. The van der Waals surface area contributed by atoms with Crippen LogP contribution in [0.1, 0.15) is 304 Å². The van der Waals surface area contributed by atoms with Gasteiger partial charge in [0.15, 0.2) is 6.29 Å². The molecule has 68 heavy (non-hydrogen) atoms. The molecular formula is C60H120N2O6. The van der Waals surface area contributed by atoms with Gasteiger partial charge in [-0.25, -0.2) is 0 Å². The molecule has 8 nitrogen and oxygen atoms in total. The fourth-order valence-electron chi connectivity index (χ4n) is 10.0. The van der Waals surface area contributed by atoms with E-state index in [9.17, 15) is 19.8 Å². The molecule has 0 fully saturated rings. The van der Waals surface area contributed by atoms with Gasteiger partial charge in [0.25, 0.3) is 0 Å². The molecule has 0 aromatic rings. The van der Waals surface area contributed by atoms with Crippen LogP contribution >= 0.6 is 0 Å². The molecule has 0 radical (unpaired) electrons. The number of hydrogen-bond acceptors (Lipinski definition) is 7. The number of aliphatic hydroxyl groups excluding tert-OH is 2. The van der Waals surface area contributed by atoms with Crippen molar-refractivity contribution in [3.05, 3.63) is 0 Å². The van der Waals surface area contributed by atoms with Crippen molar-refractivity contribution in [2.24, 2.45) is 11.8 Å². The lowest BCUT2D eigenvalue weighted by atomic mass is 9.96. The van der Waals surface area contributed by atoms with Crippen LogP contribution in [-0.4, -0.2) is 90.7 Å². The number of carbonyl (C=O) groups is 2. The Balaban J connectivity index is 5.12. The van der Waals surface area contributed by atoms with Gasteiger partial charge in [-0.3, -0.25) is 9.59 Å². The molecule has 0 spiro atoms. The van der Waals surface area contributed by atoms with Crippen molar-refractivity contribution >= 4 is 11.9 Å². The van der Waals surface area contributed by atoms with E-state index in [1.807, 2.05) is 0 Å². The maximum Gasteiger partial charge on any atom is 0.305 e. The van der Waals surface area contributed by atoms with Gasteiger partial charge in [0.2, 0.25) is 5.91 Å². The van der Waals surface area contributed by atoms with Gasteiger partial charge in [0, 0.05) is 32.5 Å². The fourth-order valence-corrected chi connectivity index (χ4v) is 10.0. The molecule has 0 aromatic heterocycles. The minimum atomic E-state index is -0.621. The minimum Gasteiger partial charge on any atom is -0.465 e. The smallest absolute Gasteiger partial charge is 0.305 e. The first-order valence-electron chi connectivity index (χ1n) is 30.3. The number of unbranched alkanes of at least 4 members (excludes halogenated alkanes) is 25. The SMILES string of the molecule is CCCCCCCCCN(CCCCC(=O)N(C)CCO)C(CCCCCCCCC(=O)OCC(CCCC)CCCCCC)CCCCCCCCC(O)OCC(CCCC)CCCCCC. The number of ether oxygens (including phenoxy) is 2. The van der Waals surface area contributed by atoms with Crippen molar-refractivity contribution < 1.29 is 29.3 Å². The number of rotatable bonds is 55. The summed E-state index contributed by atoms with van der Waals surface area (Å²) in [7, 11) is 1.80. The van der Waals surface area contributed by atoms with Crippen LogP contribution in [0, 0.1) is 11.8 Å². The summed E-state index contributed by atoms with van der Waals surface area (Å²) in [5, 5.41) is 20.0. The summed E-state index contributed by atoms with van der Waals surface area (Å²) in [6.07, 6.45) is 49.2. The lowest BCUT2D eigenvalue weighted by molar-refractivity contribution is -0.145. The Bertz CT molecular complexity index is 1050. The van der Waals surface area contributed by atoms with Crippen LogP contribution < -0.4 is 0 Å². The molecule has 0 aromatic carbocycles. The van der Waals surface area contributed by atoms with Gasteiger partial charge in [-0.2, -0.15) is 0 Å². The predicted octanol–water partition coefficient (Wildman–Crippen LogP) is 16.7. The summed E-state index contributed by atoms with van der Waals surface area (Å²) in [5.41, 5.74) is 0. The predicted molar refractivity (Wildman–Crippen MR) is 292 cm³/mol. The maximum atomic E-state index is 12.7. The number of hydrogen-bond donors (Lipinski definition) is 2. The van der Waals surface area contributed by atoms with Gasteiger partial charge >= 0.3 is 5.97 Å².